The van der Waals surface area contributed by atoms with Crippen molar-refractivity contribution >= 4 is 11.8 Å². The van der Waals surface area contributed by atoms with E-state index in [2.05, 4.69) is 15.3 Å². The van der Waals surface area contributed by atoms with Crippen LogP contribution in [-0.2, 0) is 4.79 Å². The molecule has 0 radical (unpaired) electrons. The first-order chi connectivity index (χ1) is 11.2. The molecular formula is C17H22N4O2. The van der Waals surface area contributed by atoms with E-state index in [1.807, 2.05) is 0 Å². The second kappa shape index (κ2) is 5.58. The van der Waals surface area contributed by atoms with Gasteiger partial charge in [-0.1, -0.05) is 6.42 Å². The van der Waals surface area contributed by atoms with Crippen LogP contribution in [0.25, 0.3) is 0 Å². The third kappa shape index (κ3) is 2.71. The number of carbonyl (C=O) groups excluding carboxylic acids is 2. The highest BCUT2D eigenvalue weighted by Gasteiger charge is 2.54. The lowest BCUT2D eigenvalue weighted by Gasteiger charge is -2.41. The Kier molecular flexibility index (Phi) is 3.54. The van der Waals surface area contributed by atoms with Gasteiger partial charge in [0.1, 0.15) is 5.69 Å². The first-order valence-electron chi connectivity index (χ1n) is 8.51. The lowest BCUT2D eigenvalue weighted by molar-refractivity contribution is -0.129. The SMILES string of the molecule is O=C(NCC1CC1)C1CN(C(=O)c2cnccn2)CC12CCC2. The lowest BCUT2D eigenvalue weighted by atomic mass is 9.62. The maximum absolute atomic E-state index is 12.6. The molecule has 1 aliphatic heterocycles. The van der Waals surface area contributed by atoms with Crippen LogP contribution in [0, 0.1) is 17.3 Å². The molecule has 6 nitrogen and oxygen atoms in total. The van der Waals surface area contributed by atoms with E-state index in [-0.39, 0.29) is 23.1 Å². The number of nitrogens with one attached hydrogen (secondary N) is 1. The molecule has 122 valence electrons. The van der Waals surface area contributed by atoms with Crippen molar-refractivity contribution in [2.75, 3.05) is 19.6 Å². The van der Waals surface area contributed by atoms with E-state index in [4.69, 9.17) is 0 Å². The molecule has 0 aromatic carbocycles. The molecule has 23 heavy (non-hydrogen) atoms. The van der Waals surface area contributed by atoms with Crippen molar-refractivity contribution < 1.29 is 9.59 Å². The van der Waals surface area contributed by atoms with Gasteiger partial charge in [0.05, 0.1) is 12.1 Å². The van der Waals surface area contributed by atoms with Gasteiger partial charge in [-0.05, 0) is 31.6 Å². The van der Waals surface area contributed by atoms with Crippen LogP contribution in [0.15, 0.2) is 18.6 Å². The zero-order valence-electron chi connectivity index (χ0n) is 13.2. The van der Waals surface area contributed by atoms with E-state index in [0.717, 1.165) is 25.8 Å². The van der Waals surface area contributed by atoms with Gasteiger partial charge < -0.3 is 10.2 Å². The van der Waals surface area contributed by atoms with Crippen molar-refractivity contribution in [2.24, 2.45) is 17.3 Å². The molecule has 4 rings (SSSR count). The molecule has 0 bridgehead atoms. The highest BCUT2D eigenvalue weighted by molar-refractivity contribution is 5.93. The summed E-state index contributed by atoms with van der Waals surface area (Å²) in [5.74, 6) is 0.624. The zero-order chi connectivity index (χ0) is 15.9. The predicted molar refractivity (Wildman–Crippen MR) is 83.4 cm³/mol. The Balaban J connectivity index is 1.47. The Hall–Kier alpha value is -1.98. The van der Waals surface area contributed by atoms with Gasteiger partial charge in [0.15, 0.2) is 0 Å². The molecule has 1 saturated heterocycles. The predicted octanol–water partition coefficient (Wildman–Crippen LogP) is 1.25. The number of amides is 2. The van der Waals surface area contributed by atoms with Crippen molar-refractivity contribution in [1.82, 2.24) is 20.2 Å². The van der Waals surface area contributed by atoms with Crippen molar-refractivity contribution in [3.05, 3.63) is 24.3 Å². The van der Waals surface area contributed by atoms with E-state index < -0.39 is 0 Å². The normalized spacial score (nSPS) is 25.2. The van der Waals surface area contributed by atoms with Gasteiger partial charge in [-0.25, -0.2) is 4.98 Å². The van der Waals surface area contributed by atoms with Crippen LogP contribution in [0.5, 0.6) is 0 Å². The number of carbonyl (C=O) groups is 2. The van der Waals surface area contributed by atoms with Crippen molar-refractivity contribution in [1.29, 1.82) is 0 Å². The van der Waals surface area contributed by atoms with Crippen LogP contribution in [-0.4, -0.2) is 46.3 Å². The van der Waals surface area contributed by atoms with E-state index in [1.165, 1.54) is 25.2 Å². The van der Waals surface area contributed by atoms with E-state index in [1.54, 1.807) is 11.1 Å². The molecule has 6 heteroatoms. The summed E-state index contributed by atoms with van der Waals surface area (Å²) in [6, 6.07) is 0. The van der Waals surface area contributed by atoms with E-state index in [9.17, 15) is 9.59 Å². The monoisotopic (exact) mass is 314 g/mol. The number of likely N-dealkylation sites (tertiary alicyclic amines) is 1. The fraction of sp³-hybridized carbons (Fsp3) is 0.647. The quantitative estimate of drug-likeness (QED) is 0.907. The number of aromatic nitrogens is 2. The summed E-state index contributed by atoms with van der Waals surface area (Å²) in [7, 11) is 0. The number of hydrogen-bond donors (Lipinski definition) is 1. The molecule has 1 N–H and O–H groups in total. The highest BCUT2D eigenvalue weighted by atomic mass is 16.2. The van der Waals surface area contributed by atoms with Crippen LogP contribution >= 0.6 is 0 Å². The molecule has 2 saturated carbocycles. The number of rotatable bonds is 4. The molecule has 2 amide bonds. The standard InChI is InChI=1S/C17H22N4O2/c22-15(20-8-12-2-3-12)13-10-21(11-17(13)4-1-5-17)16(23)14-9-18-6-7-19-14/h6-7,9,12-13H,1-5,8,10-11H2,(H,20,22). The van der Waals surface area contributed by atoms with Crippen LogP contribution in [0.3, 0.4) is 0 Å². The molecule has 1 aromatic heterocycles. The van der Waals surface area contributed by atoms with Crippen LogP contribution in [0.2, 0.25) is 0 Å². The minimum atomic E-state index is -0.109. The zero-order valence-corrected chi connectivity index (χ0v) is 13.2. The van der Waals surface area contributed by atoms with Gasteiger partial charge in [-0.15, -0.1) is 0 Å². The molecule has 1 unspecified atom stereocenters. The summed E-state index contributed by atoms with van der Waals surface area (Å²) in [6.45, 7) is 1.97. The topological polar surface area (TPSA) is 75.2 Å². The summed E-state index contributed by atoms with van der Waals surface area (Å²) in [4.78, 5) is 35.1. The Morgan fingerprint density at radius 3 is 2.74 bits per heavy atom. The largest absolute Gasteiger partial charge is 0.356 e. The van der Waals surface area contributed by atoms with Gasteiger partial charge in [-0.3, -0.25) is 14.6 Å². The van der Waals surface area contributed by atoms with Crippen LogP contribution in [0.1, 0.15) is 42.6 Å². The third-order valence-electron chi connectivity index (χ3n) is 5.65. The second-order valence-corrected chi connectivity index (χ2v) is 7.23. The average Bonchev–Trinajstić information content (AvgIpc) is 3.28. The third-order valence-corrected chi connectivity index (χ3v) is 5.65. The molecule has 2 aliphatic carbocycles. The molecular weight excluding hydrogens is 292 g/mol. The summed E-state index contributed by atoms with van der Waals surface area (Å²) in [5.41, 5.74) is 0.354. The molecule has 1 spiro atoms. The maximum atomic E-state index is 12.6. The summed E-state index contributed by atoms with van der Waals surface area (Å²) < 4.78 is 0. The van der Waals surface area contributed by atoms with E-state index in [0.29, 0.717) is 24.7 Å². The van der Waals surface area contributed by atoms with Gasteiger partial charge >= 0.3 is 0 Å². The van der Waals surface area contributed by atoms with Gasteiger partial charge in [0.2, 0.25) is 5.91 Å². The highest BCUT2D eigenvalue weighted by Crippen LogP contribution is 2.52. The minimum Gasteiger partial charge on any atom is -0.356 e. The van der Waals surface area contributed by atoms with Gasteiger partial charge in [0.25, 0.3) is 5.91 Å². The summed E-state index contributed by atoms with van der Waals surface area (Å²) >= 11 is 0. The second-order valence-electron chi connectivity index (χ2n) is 7.23. The van der Waals surface area contributed by atoms with E-state index >= 15 is 0 Å². The van der Waals surface area contributed by atoms with Crippen LogP contribution in [0.4, 0.5) is 0 Å². The van der Waals surface area contributed by atoms with Gasteiger partial charge in [0, 0.05) is 37.4 Å². The van der Waals surface area contributed by atoms with Gasteiger partial charge in [-0.2, -0.15) is 0 Å². The smallest absolute Gasteiger partial charge is 0.274 e. The lowest BCUT2D eigenvalue weighted by Crippen LogP contribution is -2.45. The summed E-state index contributed by atoms with van der Waals surface area (Å²) in [6.07, 6.45) is 10.3. The Morgan fingerprint density at radius 1 is 1.30 bits per heavy atom. The van der Waals surface area contributed by atoms with Crippen molar-refractivity contribution in [2.45, 2.75) is 32.1 Å². The molecule has 1 atom stereocenters. The number of hydrogen-bond acceptors (Lipinski definition) is 4. The van der Waals surface area contributed by atoms with Crippen molar-refractivity contribution in [3.8, 4) is 0 Å². The summed E-state index contributed by atoms with van der Waals surface area (Å²) in [5, 5.41) is 3.10. The Morgan fingerprint density at radius 2 is 2.13 bits per heavy atom. The Bertz CT molecular complexity index is 610. The first kappa shape index (κ1) is 14.6. The van der Waals surface area contributed by atoms with Crippen LogP contribution < -0.4 is 5.32 Å². The minimum absolute atomic E-state index is 0.00843. The fourth-order valence-corrected chi connectivity index (χ4v) is 3.88. The Labute approximate surface area is 135 Å². The van der Waals surface area contributed by atoms with Crippen molar-refractivity contribution in [3.63, 3.8) is 0 Å². The molecule has 2 heterocycles. The molecule has 3 aliphatic rings. The fourth-order valence-electron chi connectivity index (χ4n) is 3.88. The average molecular weight is 314 g/mol. The molecule has 1 aromatic rings. The molecule has 3 fully saturated rings. The first-order valence-corrected chi connectivity index (χ1v) is 8.51. The number of nitrogens with zero attached hydrogens (tertiary/aromatic N) is 3. The maximum Gasteiger partial charge on any atom is 0.274 e.